The van der Waals surface area contributed by atoms with Gasteiger partial charge in [0.1, 0.15) is 5.82 Å². The zero-order valence-corrected chi connectivity index (χ0v) is 18.2. The summed E-state index contributed by atoms with van der Waals surface area (Å²) in [5.41, 5.74) is 0.897. The van der Waals surface area contributed by atoms with E-state index in [0.717, 1.165) is 31.0 Å². The number of benzene rings is 2. The number of hydrogen-bond acceptors (Lipinski definition) is 4. The molecule has 0 atom stereocenters. The smallest absolute Gasteiger partial charge is 0.256 e. The van der Waals surface area contributed by atoms with Gasteiger partial charge >= 0.3 is 0 Å². The monoisotopic (exact) mass is 447 g/mol. The second kappa shape index (κ2) is 10.0. The van der Waals surface area contributed by atoms with Crippen LogP contribution in [0.15, 0.2) is 53.4 Å². The lowest BCUT2D eigenvalue weighted by Gasteiger charge is -2.35. The van der Waals surface area contributed by atoms with Crippen LogP contribution in [0.4, 0.5) is 4.39 Å². The highest BCUT2D eigenvalue weighted by Crippen LogP contribution is 2.18. The Balaban J connectivity index is 1.55. The van der Waals surface area contributed by atoms with Gasteiger partial charge < -0.3 is 9.80 Å². The molecule has 0 bridgehead atoms. The Labute approximate surface area is 181 Å². The molecule has 31 heavy (non-hydrogen) atoms. The summed E-state index contributed by atoms with van der Waals surface area (Å²) in [5.74, 6) is -1.32. The van der Waals surface area contributed by atoms with Gasteiger partial charge in [0.2, 0.25) is 15.9 Å². The summed E-state index contributed by atoms with van der Waals surface area (Å²) in [6.07, 6.45) is 2.01. The number of hydrogen-bond donors (Lipinski definition) is 1. The molecule has 0 aromatic heterocycles. The number of amides is 2. The first kappa shape index (κ1) is 22.9. The molecular formula is C22H26FN3O4S. The lowest BCUT2D eigenvalue weighted by Crippen LogP contribution is -2.50. The molecule has 1 N–H and O–H groups in total. The Morgan fingerprint density at radius 3 is 2.29 bits per heavy atom. The molecule has 1 saturated heterocycles. The van der Waals surface area contributed by atoms with Crippen LogP contribution in [-0.2, 0) is 21.2 Å². The van der Waals surface area contributed by atoms with E-state index in [2.05, 4.69) is 4.72 Å². The van der Waals surface area contributed by atoms with Gasteiger partial charge in [-0.1, -0.05) is 30.3 Å². The summed E-state index contributed by atoms with van der Waals surface area (Å²) in [5, 5.41) is 0. The van der Waals surface area contributed by atoms with Crippen LogP contribution in [0.3, 0.4) is 0 Å². The number of nitrogens with one attached hydrogen (secondary N) is 1. The summed E-state index contributed by atoms with van der Waals surface area (Å²) in [6, 6.07) is 13.1. The van der Waals surface area contributed by atoms with E-state index >= 15 is 0 Å². The van der Waals surface area contributed by atoms with E-state index in [-0.39, 0.29) is 29.5 Å². The SMILES string of the molecule is CNS(=O)(=O)c1ccc(F)c(C(=O)N2CCN(C(=O)CCCc3ccccc3)CC2)c1. The predicted octanol–water partition coefficient (Wildman–Crippen LogP) is 2.04. The van der Waals surface area contributed by atoms with Crippen molar-refractivity contribution in [1.29, 1.82) is 0 Å². The van der Waals surface area contributed by atoms with Crippen LogP contribution in [-0.4, -0.2) is 63.3 Å². The number of halogens is 1. The number of nitrogens with zero attached hydrogens (tertiary/aromatic N) is 2. The Morgan fingerprint density at radius 2 is 1.65 bits per heavy atom. The highest BCUT2D eigenvalue weighted by atomic mass is 32.2. The highest BCUT2D eigenvalue weighted by molar-refractivity contribution is 7.89. The molecule has 0 saturated carbocycles. The van der Waals surface area contributed by atoms with Crippen molar-refractivity contribution in [2.75, 3.05) is 33.2 Å². The first-order valence-electron chi connectivity index (χ1n) is 10.2. The minimum absolute atomic E-state index is 0.0383. The molecule has 2 amide bonds. The molecule has 0 spiro atoms. The molecule has 1 fully saturated rings. The summed E-state index contributed by atoms with van der Waals surface area (Å²) in [6.45, 7) is 1.27. The van der Waals surface area contributed by atoms with E-state index in [0.29, 0.717) is 19.5 Å². The maximum atomic E-state index is 14.2. The first-order chi connectivity index (χ1) is 14.8. The number of aryl methyl sites for hydroxylation is 1. The van der Waals surface area contributed by atoms with Crippen molar-refractivity contribution >= 4 is 21.8 Å². The molecule has 0 aliphatic carbocycles. The van der Waals surface area contributed by atoms with Gasteiger partial charge in [0.15, 0.2) is 0 Å². The summed E-state index contributed by atoms with van der Waals surface area (Å²) in [4.78, 5) is 28.2. The molecule has 3 rings (SSSR count). The molecule has 1 heterocycles. The van der Waals surface area contributed by atoms with Crippen molar-refractivity contribution in [3.05, 3.63) is 65.5 Å². The van der Waals surface area contributed by atoms with Crippen molar-refractivity contribution < 1.29 is 22.4 Å². The van der Waals surface area contributed by atoms with Crippen LogP contribution >= 0.6 is 0 Å². The number of piperazine rings is 1. The Kier molecular flexibility index (Phi) is 7.40. The topological polar surface area (TPSA) is 86.8 Å². The van der Waals surface area contributed by atoms with Gasteiger partial charge in [-0.25, -0.2) is 17.5 Å². The molecular weight excluding hydrogens is 421 g/mol. The predicted molar refractivity (Wildman–Crippen MR) is 115 cm³/mol. The van der Waals surface area contributed by atoms with Gasteiger partial charge in [0, 0.05) is 32.6 Å². The third-order valence-corrected chi connectivity index (χ3v) is 6.78. The zero-order chi connectivity index (χ0) is 22.4. The average molecular weight is 448 g/mol. The number of sulfonamides is 1. The molecule has 1 aliphatic heterocycles. The van der Waals surface area contributed by atoms with E-state index in [1.165, 1.54) is 17.5 Å². The first-order valence-corrected chi connectivity index (χ1v) is 11.6. The van der Waals surface area contributed by atoms with E-state index in [9.17, 15) is 22.4 Å². The average Bonchev–Trinajstić information content (AvgIpc) is 2.79. The van der Waals surface area contributed by atoms with Gasteiger partial charge in [-0.15, -0.1) is 0 Å². The van der Waals surface area contributed by atoms with Crippen LogP contribution in [0.25, 0.3) is 0 Å². The van der Waals surface area contributed by atoms with E-state index in [1.807, 2.05) is 30.3 Å². The van der Waals surface area contributed by atoms with Crippen molar-refractivity contribution in [2.24, 2.45) is 0 Å². The maximum absolute atomic E-state index is 14.2. The minimum atomic E-state index is -3.79. The molecule has 2 aromatic rings. The number of rotatable bonds is 7. The Bertz CT molecular complexity index is 1040. The van der Waals surface area contributed by atoms with Crippen LogP contribution in [0.2, 0.25) is 0 Å². The summed E-state index contributed by atoms with van der Waals surface area (Å²) < 4.78 is 40.3. The second-order valence-corrected chi connectivity index (χ2v) is 9.25. The fourth-order valence-electron chi connectivity index (χ4n) is 3.53. The lowest BCUT2D eigenvalue weighted by molar-refractivity contribution is -0.132. The van der Waals surface area contributed by atoms with Crippen molar-refractivity contribution in [1.82, 2.24) is 14.5 Å². The van der Waals surface area contributed by atoms with Gasteiger partial charge in [-0.2, -0.15) is 0 Å². The Hall–Kier alpha value is -2.78. The van der Waals surface area contributed by atoms with Gasteiger partial charge in [0.25, 0.3) is 5.91 Å². The van der Waals surface area contributed by atoms with Crippen molar-refractivity contribution in [3.63, 3.8) is 0 Å². The molecule has 0 unspecified atom stereocenters. The van der Waals surface area contributed by atoms with Gasteiger partial charge in [0.05, 0.1) is 10.5 Å². The quantitative estimate of drug-likeness (QED) is 0.704. The molecule has 0 radical (unpaired) electrons. The standard InChI is InChI=1S/C22H26FN3O4S/c1-24-31(29,30)18-10-11-20(23)19(16-18)22(28)26-14-12-25(13-15-26)21(27)9-5-8-17-6-3-2-4-7-17/h2-4,6-7,10-11,16,24H,5,8-9,12-15H2,1H3. The van der Waals surface area contributed by atoms with Gasteiger partial charge in [-0.3, -0.25) is 9.59 Å². The minimum Gasteiger partial charge on any atom is -0.339 e. The summed E-state index contributed by atoms with van der Waals surface area (Å²) >= 11 is 0. The normalized spacial score (nSPS) is 14.5. The molecule has 2 aromatic carbocycles. The van der Waals surface area contributed by atoms with Crippen LogP contribution < -0.4 is 4.72 Å². The molecule has 9 heteroatoms. The number of carbonyl (C=O) groups is 2. The molecule has 7 nitrogen and oxygen atoms in total. The van der Waals surface area contributed by atoms with Crippen molar-refractivity contribution in [3.8, 4) is 0 Å². The fourth-order valence-corrected chi connectivity index (χ4v) is 4.28. The van der Waals surface area contributed by atoms with Gasteiger partial charge in [-0.05, 0) is 43.7 Å². The second-order valence-electron chi connectivity index (χ2n) is 7.36. The number of carbonyl (C=O) groups excluding carboxylic acids is 2. The third-order valence-electron chi connectivity index (χ3n) is 5.37. The largest absolute Gasteiger partial charge is 0.339 e. The lowest BCUT2D eigenvalue weighted by atomic mass is 10.1. The summed E-state index contributed by atoms with van der Waals surface area (Å²) in [7, 11) is -2.54. The van der Waals surface area contributed by atoms with E-state index in [4.69, 9.17) is 0 Å². The van der Waals surface area contributed by atoms with Crippen LogP contribution in [0.1, 0.15) is 28.8 Å². The van der Waals surface area contributed by atoms with Crippen LogP contribution in [0, 0.1) is 5.82 Å². The molecule has 1 aliphatic rings. The zero-order valence-electron chi connectivity index (χ0n) is 17.4. The van der Waals surface area contributed by atoms with Crippen molar-refractivity contribution in [2.45, 2.75) is 24.2 Å². The van der Waals surface area contributed by atoms with Crippen LogP contribution in [0.5, 0.6) is 0 Å². The highest BCUT2D eigenvalue weighted by Gasteiger charge is 2.27. The van der Waals surface area contributed by atoms with E-state index in [1.54, 1.807) is 4.90 Å². The Morgan fingerprint density at radius 1 is 1.00 bits per heavy atom. The fraction of sp³-hybridized carbons (Fsp3) is 0.364. The third kappa shape index (κ3) is 5.68. The maximum Gasteiger partial charge on any atom is 0.256 e. The van der Waals surface area contributed by atoms with E-state index < -0.39 is 21.7 Å². The molecule has 166 valence electrons.